The minimum Gasteiger partial charge on any atom is -0.325 e. The van der Waals surface area contributed by atoms with Crippen molar-refractivity contribution >= 4 is 34.8 Å². The second-order valence-corrected chi connectivity index (χ2v) is 5.35. The molecule has 2 rings (SSSR count). The van der Waals surface area contributed by atoms with Crippen LogP contribution in [-0.4, -0.2) is 17.4 Å². The number of rotatable bonds is 3. The Kier molecular flexibility index (Phi) is 3.52. The number of nitrogens with two attached hydrogens (primary N) is 1. The first kappa shape index (κ1) is 13.8. The summed E-state index contributed by atoms with van der Waals surface area (Å²) in [5.74, 6) is -0.374. The topological polar surface area (TPSA) is 84.2 Å². The first-order chi connectivity index (χ1) is 8.83. The molecule has 1 aliphatic heterocycles. The molecule has 1 aromatic carbocycles. The van der Waals surface area contributed by atoms with Crippen LogP contribution in [0.15, 0.2) is 12.1 Å². The Hall–Kier alpha value is -1.59. The summed E-state index contributed by atoms with van der Waals surface area (Å²) < 4.78 is 0. The lowest BCUT2D eigenvalue weighted by molar-refractivity contribution is -0.120. The first-order valence-electron chi connectivity index (χ1n) is 6.06. The average Bonchev–Trinajstić information content (AvgIpc) is 2.68. The van der Waals surface area contributed by atoms with Gasteiger partial charge in [-0.25, -0.2) is 0 Å². The number of benzene rings is 1. The molecular weight excluding hydrogens is 266 g/mol. The summed E-state index contributed by atoms with van der Waals surface area (Å²) in [4.78, 5) is 23.3. The molecule has 2 amide bonds. The molecule has 1 unspecified atom stereocenters. The lowest BCUT2D eigenvalue weighted by atomic mass is 9.99. The van der Waals surface area contributed by atoms with E-state index in [1.54, 1.807) is 19.1 Å². The van der Waals surface area contributed by atoms with Crippen molar-refractivity contribution in [1.29, 1.82) is 0 Å². The molecule has 0 radical (unpaired) electrons. The van der Waals surface area contributed by atoms with Gasteiger partial charge in [0.15, 0.2) is 0 Å². The summed E-state index contributed by atoms with van der Waals surface area (Å²) in [6.07, 6.45) is 0.810. The summed E-state index contributed by atoms with van der Waals surface area (Å²) in [6.45, 7) is 3.50. The minimum atomic E-state index is -0.948. The molecule has 0 aromatic heterocycles. The van der Waals surface area contributed by atoms with Crippen molar-refractivity contribution in [2.45, 2.75) is 32.2 Å². The van der Waals surface area contributed by atoms with Gasteiger partial charge in [0, 0.05) is 5.69 Å². The smallest absolute Gasteiger partial charge is 0.244 e. The highest BCUT2D eigenvalue weighted by molar-refractivity contribution is 6.34. The molecule has 102 valence electrons. The first-order valence-corrected chi connectivity index (χ1v) is 6.44. The molecule has 5 nitrogen and oxygen atoms in total. The third-order valence-corrected chi connectivity index (χ3v) is 3.63. The lowest BCUT2D eigenvalue weighted by Crippen LogP contribution is -2.47. The van der Waals surface area contributed by atoms with E-state index in [-0.39, 0.29) is 11.8 Å². The normalized spacial score (nSPS) is 16.5. The van der Waals surface area contributed by atoms with Crippen LogP contribution in [0.1, 0.15) is 25.8 Å². The van der Waals surface area contributed by atoms with Gasteiger partial charge in [-0.2, -0.15) is 0 Å². The molecule has 6 heteroatoms. The monoisotopic (exact) mass is 281 g/mol. The van der Waals surface area contributed by atoms with Crippen molar-refractivity contribution in [1.82, 2.24) is 0 Å². The van der Waals surface area contributed by atoms with E-state index < -0.39 is 5.54 Å². The fourth-order valence-electron chi connectivity index (χ4n) is 1.77. The largest absolute Gasteiger partial charge is 0.325 e. The Bertz CT molecular complexity index is 555. The number of carbonyl (C=O) groups is 2. The van der Waals surface area contributed by atoms with Crippen molar-refractivity contribution in [3.05, 3.63) is 22.7 Å². The number of hydrogen-bond acceptors (Lipinski definition) is 3. The Morgan fingerprint density at radius 3 is 2.89 bits per heavy atom. The van der Waals surface area contributed by atoms with Gasteiger partial charge < -0.3 is 16.4 Å². The molecule has 1 atom stereocenters. The number of halogens is 1. The zero-order chi connectivity index (χ0) is 14.2. The van der Waals surface area contributed by atoms with Gasteiger partial charge in [0.25, 0.3) is 0 Å². The molecule has 1 aliphatic rings. The summed E-state index contributed by atoms with van der Waals surface area (Å²) in [6, 6.07) is 3.34. The van der Waals surface area contributed by atoms with Gasteiger partial charge in [0.2, 0.25) is 11.8 Å². The molecule has 1 aromatic rings. The van der Waals surface area contributed by atoms with Gasteiger partial charge in [0.05, 0.1) is 22.7 Å². The quantitative estimate of drug-likeness (QED) is 0.791. The molecule has 0 fully saturated rings. The molecule has 0 saturated heterocycles. The van der Waals surface area contributed by atoms with Crippen LogP contribution in [-0.2, 0) is 16.0 Å². The highest BCUT2D eigenvalue weighted by atomic mass is 35.5. The summed E-state index contributed by atoms with van der Waals surface area (Å²) in [7, 11) is 0. The van der Waals surface area contributed by atoms with Gasteiger partial charge in [-0.15, -0.1) is 0 Å². The van der Waals surface area contributed by atoms with Crippen molar-refractivity contribution < 1.29 is 9.59 Å². The molecule has 4 N–H and O–H groups in total. The van der Waals surface area contributed by atoms with Crippen molar-refractivity contribution in [2.24, 2.45) is 5.73 Å². The molecule has 1 heterocycles. The van der Waals surface area contributed by atoms with Gasteiger partial charge >= 0.3 is 0 Å². The maximum absolute atomic E-state index is 12.0. The zero-order valence-corrected chi connectivity index (χ0v) is 11.6. The fourth-order valence-corrected chi connectivity index (χ4v) is 1.98. The van der Waals surface area contributed by atoms with Crippen LogP contribution in [0.5, 0.6) is 0 Å². The van der Waals surface area contributed by atoms with Gasteiger partial charge in [0.1, 0.15) is 0 Å². The average molecular weight is 282 g/mol. The zero-order valence-electron chi connectivity index (χ0n) is 10.8. The van der Waals surface area contributed by atoms with Crippen LogP contribution in [0.25, 0.3) is 0 Å². The van der Waals surface area contributed by atoms with Crippen LogP contribution in [0, 0.1) is 0 Å². The molecule has 19 heavy (non-hydrogen) atoms. The summed E-state index contributed by atoms with van der Waals surface area (Å²) >= 11 is 6.09. The maximum atomic E-state index is 12.0. The van der Waals surface area contributed by atoms with Gasteiger partial charge in [-0.3, -0.25) is 9.59 Å². The Morgan fingerprint density at radius 2 is 2.26 bits per heavy atom. The summed E-state index contributed by atoms with van der Waals surface area (Å²) in [5, 5.41) is 5.79. The van der Waals surface area contributed by atoms with Crippen molar-refractivity contribution in [2.75, 3.05) is 10.6 Å². The second kappa shape index (κ2) is 4.83. The maximum Gasteiger partial charge on any atom is 0.244 e. The van der Waals surface area contributed by atoms with Crippen molar-refractivity contribution in [3.8, 4) is 0 Å². The molecule has 0 spiro atoms. The van der Waals surface area contributed by atoms with Crippen LogP contribution >= 0.6 is 11.6 Å². The predicted octanol–water partition coefficient (Wildman–Crippen LogP) is 1.90. The van der Waals surface area contributed by atoms with Crippen LogP contribution in [0.2, 0.25) is 5.02 Å². The van der Waals surface area contributed by atoms with Gasteiger partial charge in [-0.05, 0) is 31.0 Å². The van der Waals surface area contributed by atoms with E-state index >= 15 is 0 Å². The standard InChI is InChI=1S/C13H16ClN3O2/c1-3-13(2,15)12(19)17-10-4-7-5-11(18)16-9(7)6-8(10)14/h4,6H,3,5,15H2,1-2H3,(H,16,18)(H,17,19). The Balaban J connectivity index is 2.25. The Labute approximate surface area is 116 Å². The SMILES string of the molecule is CCC(C)(N)C(=O)Nc1cc2c(cc1Cl)NC(=O)C2. The predicted molar refractivity (Wildman–Crippen MR) is 75.3 cm³/mol. The van der Waals surface area contributed by atoms with Crippen molar-refractivity contribution in [3.63, 3.8) is 0 Å². The third-order valence-electron chi connectivity index (χ3n) is 3.32. The number of amides is 2. The van der Waals surface area contributed by atoms with E-state index in [0.29, 0.717) is 29.2 Å². The molecule has 0 saturated carbocycles. The van der Waals surface area contributed by atoms with E-state index in [0.717, 1.165) is 5.56 Å². The van der Waals surface area contributed by atoms with Gasteiger partial charge in [-0.1, -0.05) is 18.5 Å². The second-order valence-electron chi connectivity index (χ2n) is 4.94. The molecular formula is C13H16ClN3O2. The summed E-state index contributed by atoms with van der Waals surface area (Å²) in [5.41, 5.74) is 6.91. The minimum absolute atomic E-state index is 0.0771. The van der Waals surface area contributed by atoms with E-state index in [1.165, 1.54) is 0 Å². The van der Waals surface area contributed by atoms with Crippen LogP contribution in [0.3, 0.4) is 0 Å². The molecule has 0 bridgehead atoms. The molecule has 0 aliphatic carbocycles. The van der Waals surface area contributed by atoms with Crippen LogP contribution in [0.4, 0.5) is 11.4 Å². The number of anilines is 2. The lowest BCUT2D eigenvalue weighted by Gasteiger charge is -2.22. The Morgan fingerprint density at radius 1 is 1.58 bits per heavy atom. The van der Waals surface area contributed by atoms with E-state index in [1.807, 2.05) is 6.92 Å². The van der Waals surface area contributed by atoms with E-state index in [9.17, 15) is 9.59 Å². The number of carbonyl (C=O) groups excluding carboxylic acids is 2. The fraction of sp³-hybridized carbons (Fsp3) is 0.385. The number of hydrogen-bond donors (Lipinski definition) is 3. The number of nitrogens with one attached hydrogen (secondary N) is 2. The van der Waals surface area contributed by atoms with Crippen LogP contribution < -0.4 is 16.4 Å². The van der Waals surface area contributed by atoms with E-state index in [2.05, 4.69) is 10.6 Å². The highest BCUT2D eigenvalue weighted by Gasteiger charge is 2.27. The highest BCUT2D eigenvalue weighted by Crippen LogP contribution is 2.33. The number of fused-ring (bicyclic) bond motifs is 1. The third kappa shape index (κ3) is 2.72. The van der Waals surface area contributed by atoms with E-state index in [4.69, 9.17) is 17.3 Å².